The van der Waals surface area contributed by atoms with Crippen LogP contribution < -0.4 is 11.1 Å². The van der Waals surface area contributed by atoms with Crippen molar-refractivity contribution in [2.24, 2.45) is 5.73 Å². The number of ether oxygens (including phenoxy) is 1. The smallest absolute Gasteiger partial charge is 0.338 e. The largest absolute Gasteiger partial charge is 0.452 e. The van der Waals surface area contributed by atoms with Gasteiger partial charge in [-0.2, -0.15) is 0 Å². The molecule has 0 bridgehead atoms. The van der Waals surface area contributed by atoms with Crippen LogP contribution in [0.5, 0.6) is 0 Å². The molecule has 1 aliphatic carbocycles. The summed E-state index contributed by atoms with van der Waals surface area (Å²) in [5.74, 6) is -1.75. The fourth-order valence-electron chi connectivity index (χ4n) is 2.15. The van der Waals surface area contributed by atoms with Crippen LogP contribution in [-0.2, 0) is 27.2 Å². The fourth-order valence-corrected chi connectivity index (χ4v) is 2.15. The number of aryl methyl sites for hydroxylation is 2. The second-order valence-corrected chi connectivity index (χ2v) is 4.66. The van der Waals surface area contributed by atoms with Crippen LogP contribution in [-0.4, -0.2) is 30.9 Å². The van der Waals surface area contributed by atoms with Gasteiger partial charge in [0.2, 0.25) is 5.91 Å². The zero-order chi connectivity index (χ0) is 14.5. The summed E-state index contributed by atoms with van der Waals surface area (Å²) in [4.78, 5) is 33.5. The van der Waals surface area contributed by atoms with Crippen molar-refractivity contribution in [3.63, 3.8) is 0 Å². The van der Waals surface area contributed by atoms with Crippen LogP contribution in [0.3, 0.4) is 0 Å². The maximum atomic E-state index is 11.8. The number of nitrogens with two attached hydrogens (primary N) is 1. The lowest BCUT2D eigenvalue weighted by Gasteiger charge is -2.06. The molecule has 0 aliphatic heterocycles. The first-order valence-corrected chi connectivity index (χ1v) is 6.40. The molecule has 0 heterocycles. The van der Waals surface area contributed by atoms with Gasteiger partial charge in [0.1, 0.15) is 0 Å². The summed E-state index contributed by atoms with van der Waals surface area (Å²) in [6.07, 6.45) is 3.11. The van der Waals surface area contributed by atoms with Crippen LogP contribution >= 0.6 is 0 Å². The molecule has 0 aromatic heterocycles. The molecule has 20 heavy (non-hydrogen) atoms. The third-order valence-corrected chi connectivity index (χ3v) is 3.13. The normalized spacial score (nSPS) is 12.6. The van der Waals surface area contributed by atoms with Gasteiger partial charge in [-0.25, -0.2) is 4.79 Å². The Hall–Kier alpha value is -2.37. The van der Waals surface area contributed by atoms with Crippen LogP contribution in [0.4, 0.5) is 0 Å². The lowest BCUT2D eigenvalue weighted by Crippen LogP contribution is -2.35. The highest BCUT2D eigenvalue weighted by atomic mass is 16.5. The molecule has 0 saturated heterocycles. The van der Waals surface area contributed by atoms with Gasteiger partial charge in [-0.3, -0.25) is 9.59 Å². The predicted octanol–water partition coefficient (Wildman–Crippen LogP) is -0.0664. The van der Waals surface area contributed by atoms with Crippen molar-refractivity contribution < 1.29 is 19.1 Å². The Morgan fingerprint density at radius 3 is 2.70 bits per heavy atom. The van der Waals surface area contributed by atoms with Crippen LogP contribution in [0.2, 0.25) is 0 Å². The van der Waals surface area contributed by atoms with Gasteiger partial charge in [0.25, 0.3) is 5.91 Å². The molecule has 2 rings (SSSR count). The molecule has 6 heteroatoms. The van der Waals surface area contributed by atoms with Crippen LogP contribution in [0.1, 0.15) is 27.9 Å². The van der Waals surface area contributed by atoms with E-state index in [9.17, 15) is 14.4 Å². The molecule has 2 amide bonds. The number of hydrogen-bond acceptors (Lipinski definition) is 4. The number of nitrogens with one attached hydrogen (secondary N) is 1. The summed E-state index contributed by atoms with van der Waals surface area (Å²) >= 11 is 0. The van der Waals surface area contributed by atoms with E-state index in [0.717, 1.165) is 24.8 Å². The van der Waals surface area contributed by atoms with Crippen molar-refractivity contribution in [3.8, 4) is 0 Å². The van der Waals surface area contributed by atoms with Crippen molar-refractivity contribution in [2.45, 2.75) is 19.3 Å². The molecule has 0 saturated carbocycles. The van der Waals surface area contributed by atoms with E-state index < -0.39 is 24.4 Å². The lowest BCUT2D eigenvalue weighted by molar-refractivity contribution is -0.127. The van der Waals surface area contributed by atoms with Gasteiger partial charge in [-0.15, -0.1) is 0 Å². The molecule has 1 aromatic rings. The van der Waals surface area contributed by atoms with Gasteiger partial charge in [-0.1, -0.05) is 6.07 Å². The van der Waals surface area contributed by atoms with Crippen molar-refractivity contribution >= 4 is 17.8 Å². The number of rotatable bonds is 5. The predicted molar refractivity (Wildman–Crippen MR) is 71.0 cm³/mol. The van der Waals surface area contributed by atoms with E-state index in [0.29, 0.717) is 5.56 Å². The molecule has 1 aliphatic rings. The molecular weight excluding hydrogens is 260 g/mol. The number of fused-ring (bicyclic) bond motifs is 1. The zero-order valence-corrected chi connectivity index (χ0v) is 11.0. The van der Waals surface area contributed by atoms with E-state index in [1.54, 1.807) is 6.07 Å². The van der Waals surface area contributed by atoms with E-state index in [2.05, 4.69) is 5.32 Å². The molecule has 0 radical (unpaired) electrons. The van der Waals surface area contributed by atoms with E-state index in [4.69, 9.17) is 10.5 Å². The highest BCUT2D eigenvalue weighted by molar-refractivity contribution is 5.92. The Balaban J connectivity index is 1.86. The average Bonchev–Trinajstić information content (AvgIpc) is 2.89. The van der Waals surface area contributed by atoms with Gasteiger partial charge in [-0.05, 0) is 42.5 Å². The van der Waals surface area contributed by atoms with Crippen molar-refractivity contribution in [1.29, 1.82) is 0 Å². The summed E-state index contributed by atoms with van der Waals surface area (Å²) in [7, 11) is 0. The lowest BCUT2D eigenvalue weighted by atomic mass is 10.1. The van der Waals surface area contributed by atoms with Gasteiger partial charge < -0.3 is 15.8 Å². The summed E-state index contributed by atoms with van der Waals surface area (Å²) in [6, 6.07) is 5.44. The topological polar surface area (TPSA) is 98.5 Å². The Morgan fingerprint density at radius 2 is 1.95 bits per heavy atom. The molecule has 1 aromatic carbocycles. The third kappa shape index (κ3) is 3.57. The maximum Gasteiger partial charge on any atom is 0.338 e. The van der Waals surface area contributed by atoms with E-state index >= 15 is 0 Å². The standard InChI is InChI=1S/C14H16N2O4/c15-12(17)7-16-13(18)8-20-14(19)11-5-4-9-2-1-3-10(9)6-11/h4-6H,1-3,7-8H2,(H2,15,17)(H,16,18). The average molecular weight is 276 g/mol. The zero-order valence-electron chi connectivity index (χ0n) is 11.0. The molecule has 0 atom stereocenters. The Kier molecular flexibility index (Phi) is 4.34. The quantitative estimate of drug-likeness (QED) is 0.736. The first-order chi connectivity index (χ1) is 9.56. The SMILES string of the molecule is NC(=O)CNC(=O)COC(=O)c1ccc2c(c1)CCC2. The number of primary amides is 1. The summed E-state index contributed by atoms with van der Waals surface area (Å²) in [5.41, 5.74) is 7.75. The first kappa shape index (κ1) is 14.0. The number of amides is 2. The summed E-state index contributed by atoms with van der Waals surface area (Å²) in [6.45, 7) is -0.696. The Labute approximate surface area is 116 Å². The van der Waals surface area contributed by atoms with Gasteiger partial charge in [0.05, 0.1) is 12.1 Å². The van der Waals surface area contributed by atoms with Gasteiger partial charge >= 0.3 is 5.97 Å². The highest BCUT2D eigenvalue weighted by Crippen LogP contribution is 2.23. The highest BCUT2D eigenvalue weighted by Gasteiger charge is 2.15. The second-order valence-electron chi connectivity index (χ2n) is 4.66. The van der Waals surface area contributed by atoms with Crippen LogP contribution in [0, 0.1) is 0 Å². The van der Waals surface area contributed by atoms with Crippen LogP contribution in [0.15, 0.2) is 18.2 Å². The van der Waals surface area contributed by atoms with E-state index in [1.807, 2.05) is 12.1 Å². The molecule has 3 N–H and O–H groups in total. The van der Waals surface area contributed by atoms with E-state index in [-0.39, 0.29) is 6.54 Å². The number of carbonyl (C=O) groups excluding carboxylic acids is 3. The Bertz CT molecular complexity index is 554. The van der Waals surface area contributed by atoms with Gasteiger partial charge in [0.15, 0.2) is 6.61 Å². The number of esters is 1. The molecule has 0 unspecified atom stereocenters. The number of carbonyl (C=O) groups is 3. The van der Waals surface area contributed by atoms with Crippen molar-refractivity contribution in [2.75, 3.05) is 13.2 Å². The minimum atomic E-state index is -0.650. The minimum absolute atomic E-state index is 0.269. The van der Waals surface area contributed by atoms with Gasteiger partial charge in [0, 0.05) is 0 Å². The first-order valence-electron chi connectivity index (χ1n) is 6.40. The van der Waals surface area contributed by atoms with Crippen molar-refractivity contribution in [1.82, 2.24) is 5.32 Å². The molecule has 6 nitrogen and oxygen atoms in total. The number of hydrogen-bond donors (Lipinski definition) is 2. The molecule has 106 valence electrons. The maximum absolute atomic E-state index is 11.8. The second kappa shape index (κ2) is 6.18. The molecule has 0 fully saturated rings. The monoisotopic (exact) mass is 276 g/mol. The van der Waals surface area contributed by atoms with E-state index in [1.165, 1.54) is 5.56 Å². The summed E-state index contributed by atoms with van der Waals surface area (Å²) in [5, 5.41) is 2.24. The minimum Gasteiger partial charge on any atom is -0.452 e. The van der Waals surface area contributed by atoms with Crippen LogP contribution in [0.25, 0.3) is 0 Å². The summed E-state index contributed by atoms with van der Waals surface area (Å²) < 4.78 is 4.88. The fraction of sp³-hybridized carbons (Fsp3) is 0.357. The Morgan fingerprint density at radius 1 is 1.20 bits per heavy atom. The van der Waals surface area contributed by atoms with Crippen molar-refractivity contribution in [3.05, 3.63) is 34.9 Å². The third-order valence-electron chi connectivity index (χ3n) is 3.13. The molecule has 0 spiro atoms. The molecular formula is C14H16N2O4. The number of benzene rings is 1.